The number of carbonyl (C=O) groups excluding carboxylic acids is 1. The van der Waals surface area contributed by atoms with Crippen LogP contribution in [0.2, 0.25) is 0 Å². The molecular formula is C15H16FN3O2. The molecule has 0 spiro atoms. The average molecular weight is 289 g/mol. The van der Waals surface area contributed by atoms with Crippen molar-refractivity contribution in [2.45, 2.75) is 6.10 Å². The van der Waals surface area contributed by atoms with Crippen LogP contribution in [0.1, 0.15) is 22.0 Å². The maximum absolute atomic E-state index is 13.7. The van der Waals surface area contributed by atoms with E-state index >= 15 is 0 Å². The summed E-state index contributed by atoms with van der Waals surface area (Å²) < 4.78 is 13.7. The minimum Gasteiger partial charge on any atom is -0.399 e. The molecule has 0 fully saturated rings. The monoisotopic (exact) mass is 289 g/mol. The van der Waals surface area contributed by atoms with E-state index in [0.717, 1.165) is 6.07 Å². The molecule has 2 aromatic carbocycles. The maximum Gasteiger partial charge on any atom is 0.248 e. The van der Waals surface area contributed by atoms with Crippen LogP contribution in [0.4, 0.5) is 15.8 Å². The van der Waals surface area contributed by atoms with Gasteiger partial charge in [0.1, 0.15) is 5.82 Å². The van der Waals surface area contributed by atoms with Crippen molar-refractivity contribution in [1.29, 1.82) is 0 Å². The highest BCUT2D eigenvalue weighted by Crippen LogP contribution is 2.19. The number of primary amides is 1. The zero-order chi connectivity index (χ0) is 15.4. The number of hydrogen-bond acceptors (Lipinski definition) is 4. The molecule has 0 radical (unpaired) electrons. The van der Waals surface area contributed by atoms with Crippen LogP contribution < -0.4 is 16.8 Å². The third kappa shape index (κ3) is 3.70. The van der Waals surface area contributed by atoms with Gasteiger partial charge in [0.25, 0.3) is 0 Å². The molecule has 21 heavy (non-hydrogen) atoms. The molecule has 0 bridgehead atoms. The van der Waals surface area contributed by atoms with Crippen molar-refractivity contribution in [3.63, 3.8) is 0 Å². The Morgan fingerprint density at radius 2 is 1.90 bits per heavy atom. The Kier molecular flexibility index (Phi) is 4.39. The molecule has 1 amide bonds. The fourth-order valence-corrected chi connectivity index (χ4v) is 1.85. The predicted octanol–water partition coefficient (Wildman–Crippen LogP) is 1.65. The number of nitrogens with one attached hydrogen (secondary N) is 1. The number of benzene rings is 2. The van der Waals surface area contributed by atoms with Gasteiger partial charge in [0, 0.05) is 17.8 Å². The summed E-state index contributed by atoms with van der Waals surface area (Å²) in [6.07, 6.45) is -0.805. The molecule has 0 saturated carbocycles. The Labute approximate surface area is 121 Å². The second-order valence-electron chi connectivity index (χ2n) is 4.62. The van der Waals surface area contributed by atoms with Crippen molar-refractivity contribution in [1.82, 2.24) is 0 Å². The topological polar surface area (TPSA) is 101 Å². The number of nitrogen functional groups attached to an aromatic ring is 1. The minimum atomic E-state index is -0.805. The summed E-state index contributed by atoms with van der Waals surface area (Å²) >= 11 is 0. The predicted molar refractivity (Wildman–Crippen MR) is 79.2 cm³/mol. The van der Waals surface area contributed by atoms with E-state index in [0.29, 0.717) is 11.3 Å². The van der Waals surface area contributed by atoms with E-state index in [1.807, 2.05) is 0 Å². The lowest BCUT2D eigenvalue weighted by molar-refractivity contribution is 0.1000. The van der Waals surface area contributed by atoms with E-state index in [2.05, 4.69) is 5.32 Å². The second-order valence-corrected chi connectivity index (χ2v) is 4.62. The summed E-state index contributed by atoms with van der Waals surface area (Å²) in [5.41, 5.74) is 12.2. The minimum absolute atomic E-state index is 0.0946. The summed E-state index contributed by atoms with van der Waals surface area (Å²) in [6.45, 7) is 0.122. The van der Waals surface area contributed by atoms with Crippen molar-refractivity contribution in [2.24, 2.45) is 5.73 Å². The van der Waals surface area contributed by atoms with Crippen LogP contribution >= 0.6 is 0 Å². The maximum atomic E-state index is 13.7. The van der Waals surface area contributed by atoms with Crippen LogP contribution in [0, 0.1) is 5.82 Å². The highest BCUT2D eigenvalue weighted by atomic mass is 19.1. The number of halogens is 1. The van der Waals surface area contributed by atoms with Gasteiger partial charge in [-0.25, -0.2) is 4.39 Å². The molecule has 0 saturated heterocycles. The Bertz CT molecular complexity index is 644. The number of carbonyl (C=O) groups is 1. The SMILES string of the molecule is NC(=O)c1ccc(NCC(O)c2ccc(N)cc2)c(F)c1. The molecule has 1 unspecified atom stereocenters. The first kappa shape index (κ1) is 14.8. The quantitative estimate of drug-likeness (QED) is 0.629. The molecular weight excluding hydrogens is 273 g/mol. The first-order valence-electron chi connectivity index (χ1n) is 6.34. The molecule has 2 aromatic rings. The number of amides is 1. The second kappa shape index (κ2) is 6.23. The van der Waals surface area contributed by atoms with E-state index in [9.17, 15) is 14.3 Å². The fourth-order valence-electron chi connectivity index (χ4n) is 1.85. The van der Waals surface area contributed by atoms with Gasteiger partial charge in [-0.15, -0.1) is 0 Å². The fraction of sp³-hybridized carbons (Fsp3) is 0.133. The van der Waals surface area contributed by atoms with Gasteiger partial charge in [-0.3, -0.25) is 4.79 Å². The third-order valence-corrected chi connectivity index (χ3v) is 3.06. The lowest BCUT2D eigenvalue weighted by Crippen LogP contribution is -2.14. The number of anilines is 2. The van der Waals surface area contributed by atoms with Crippen LogP contribution in [0.3, 0.4) is 0 Å². The zero-order valence-corrected chi connectivity index (χ0v) is 11.2. The van der Waals surface area contributed by atoms with Crippen LogP contribution in [-0.4, -0.2) is 17.6 Å². The van der Waals surface area contributed by atoms with Crippen molar-refractivity contribution >= 4 is 17.3 Å². The molecule has 2 rings (SSSR count). The number of aliphatic hydroxyl groups excluding tert-OH is 1. The highest BCUT2D eigenvalue weighted by molar-refractivity contribution is 5.93. The van der Waals surface area contributed by atoms with Gasteiger partial charge >= 0.3 is 0 Å². The Morgan fingerprint density at radius 3 is 2.48 bits per heavy atom. The third-order valence-electron chi connectivity index (χ3n) is 3.06. The number of nitrogens with two attached hydrogens (primary N) is 2. The van der Waals surface area contributed by atoms with Gasteiger partial charge in [0.15, 0.2) is 0 Å². The van der Waals surface area contributed by atoms with E-state index in [-0.39, 0.29) is 17.8 Å². The summed E-state index contributed by atoms with van der Waals surface area (Å²) in [4.78, 5) is 10.9. The number of aliphatic hydroxyl groups is 1. The molecule has 0 aliphatic heterocycles. The summed E-state index contributed by atoms with van der Waals surface area (Å²) in [6, 6.07) is 10.7. The largest absolute Gasteiger partial charge is 0.399 e. The van der Waals surface area contributed by atoms with Crippen LogP contribution in [-0.2, 0) is 0 Å². The lowest BCUT2D eigenvalue weighted by atomic mass is 10.1. The summed E-state index contributed by atoms with van der Waals surface area (Å²) in [5.74, 6) is -1.29. The van der Waals surface area contributed by atoms with Gasteiger partial charge < -0.3 is 21.9 Å². The zero-order valence-electron chi connectivity index (χ0n) is 11.2. The van der Waals surface area contributed by atoms with Crippen LogP contribution in [0.5, 0.6) is 0 Å². The standard InChI is InChI=1S/C15H16FN3O2/c16-12-7-10(15(18)21)3-6-13(12)19-8-14(20)9-1-4-11(17)5-2-9/h1-7,14,19-20H,8,17H2,(H2,18,21). The molecule has 0 aromatic heterocycles. The van der Waals surface area contributed by atoms with Gasteiger partial charge in [0.2, 0.25) is 5.91 Å². The Hall–Kier alpha value is -2.60. The van der Waals surface area contributed by atoms with E-state index in [4.69, 9.17) is 11.5 Å². The molecule has 5 nitrogen and oxygen atoms in total. The molecule has 6 heteroatoms. The molecule has 0 heterocycles. The highest BCUT2D eigenvalue weighted by Gasteiger charge is 2.10. The van der Waals surface area contributed by atoms with Crippen molar-refractivity contribution in [3.8, 4) is 0 Å². The van der Waals surface area contributed by atoms with Crippen molar-refractivity contribution in [2.75, 3.05) is 17.6 Å². The molecule has 1 atom stereocenters. The summed E-state index contributed by atoms with van der Waals surface area (Å²) in [7, 11) is 0. The molecule has 6 N–H and O–H groups in total. The van der Waals surface area contributed by atoms with Gasteiger partial charge in [-0.1, -0.05) is 12.1 Å². The van der Waals surface area contributed by atoms with Gasteiger partial charge in [-0.2, -0.15) is 0 Å². The Morgan fingerprint density at radius 1 is 1.24 bits per heavy atom. The van der Waals surface area contributed by atoms with Gasteiger partial charge in [0.05, 0.1) is 11.8 Å². The first-order chi connectivity index (χ1) is 9.97. The molecule has 0 aliphatic rings. The van der Waals surface area contributed by atoms with Gasteiger partial charge in [-0.05, 0) is 35.9 Å². The van der Waals surface area contributed by atoms with E-state index in [1.165, 1.54) is 12.1 Å². The van der Waals surface area contributed by atoms with Crippen molar-refractivity contribution in [3.05, 3.63) is 59.4 Å². The van der Waals surface area contributed by atoms with Crippen LogP contribution in [0.15, 0.2) is 42.5 Å². The normalized spacial score (nSPS) is 11.9. The number of rotatable bonds is 5. The average Bonchev–Trinajstić information content (AvgIpc) is 2.46. The van der Waals surface area contributed by atoms with Crippen LogP contribution in [0.25, 0.3) is 0 Å². The van der Waals surface area contributed by atoms with E-state index in [1.54, 1.807) is 24.3 Å². The van der Waals surface area contributed by atoms with Crippen molar-refractivity contribution < 1.29 is 14.3 Å². The van der Waals surface area contributed by atoms with E-state index < -0.39 is 17.8 Å². The lowest BCUT2D eigenvalue weighted by Gasteiger charge is -2.14. The Balaban J connectivity index is 2.02. The molecule has 110 valence electrons. The smallest absolute Gasteiger partial charge is 0.248 e. The number of hydrogen-bond donors (Lipinski definition) is 4. The summed E-state index contributed by atoms with van der Waals surface area (Å²) in [5, 5.41) is 12.8. The first-order valence-corrected chi connectivity index (χ1v) is 6.34. The molecule has 0 aliphatic carbocycles.